The van der Waals surface area contributed by atoms with Crippen LogP contribution < -0.4 is 5.06 Å². The van der Waals surface area contributed by atoms with E-state index in [2.05, 4.69) is 0 Å². The fourth-order valence-electron chi connectivity index (χ4n) is 0.431. The Labute approximate surface area is 45.0 Å². The first-order valence-electron chi connectivity index (χ1n) is 2.04. The van der Waals surface area contributed by atoms with Crippen molar-refractivity contribution in [3.8, 4) is 0 Å². The summed E-state index contributed by atoms with van der Waals surface area (Å²) < 4.78 is 0. The van der Waals surface area contributed by atoms with Crippen LogP contribution in [0.5, 0.6) is 0 Å². The van der Waals surface area contributed by atoms with Gasteiger partial charge in [0.1, 0.15) is 0 Å². The molecule has 0 bridgehead atoms. The van der Waals surface area contributed by atoms with E-state index in [0.29, 0.717) is 0 Å². The van der Waals surface area contributed by atoms with Gasteiger partial charge in [-0.15, -0.1) is 0 Å². The zero-order valence-corrected chi connectivity index (χ0v) is 3.92. The summed E-state index contributed by atoms with van der Waals surface area (Å²) in [7, 11) is 0. The van der Waals surface area contributed by atoms with E-state index in [9.17, 15) is 9.59 Å². The SMILES string of the molecule is O=C1C=CC(=O)[NH+]1O. The van der Waals surface area contributed by atoms with Crippen molar-refractivity contribution in [1.82, 2.24) is 0 Å². The van der Waals surface area contributed by atoms with Crippen LogP contribution in [0.3, 0.4) is 0 Å². The highest BCUT2D eigenvalue weighted by Gasteiger charge is 2.28. The second kappa shape index (κ2) is 1.50. The van der Waals surface area contributed by atoms with Crippen molar-refractivity contribution in [1.29, 1.82) is 0 Å². The van der Waals surface area contributed by atoms with E-state index in [0.717, 1.165) is 12.2 Å². The highest BCUT2D eigenvalue weighted by molar-refractivity contribution is 6.00. The van der Waals surface area contributed by atoms with Crippen molar-refractivity contribution in [2.24, 2.45) is 0 Å². The van der Waals surface area contributed by atoms with Gasteiger partial charge in [0.2, 0.25) is 0 Å². The third-order valence-electron chi connectivity index (χ3n) is 0.853. The van der Waals surface area contributed by atoms with Gasteiger partial charge in [-0.05, 0) is 0 Å². The predicted molar refractivity (Wildman–Crippen MR) is 21.9 cm³/mol. The summed E-state index contributed by atoms with van der Waals surface area (Å²) in [6.45, 7) is 0. The number of hydroxylamine groups is 2. The van der Waals surface area contributed by atoms with E-state index in [1.165, 1.54) is 0 Å². The largest absolute Gasteiger partial charge is 0.377 e. The fourth-order valence-corrected chi connectivity index (χ4v) is 0.431. The van der Waals surface area contributed by atoms with Crippen molar-refractivity contribution in [3.63, 3.8) is 0 Å². The average molecular weight is 114 g/mol. The smallest absolute Gasteiger partial charge is 0.222 e. The first kappa shape index (κ1) is 5.14. The molecule has 0 aliphatic carbocycles. The molecule has 0 atom stereocenters. The number of carbonyl (C=O) groups is 2. The maximum absolute atomic E-state index is 10.2. The Morgan fingerprint density at radius 2 is 1.62 bits per heavy atom. The Bertz CT molecular complexity index is 154. The molecule has 4 heteroatoms. The number of quaternary nitrogens is 1. The van der Waals surface area contributed by atoms with Crippen LogP contribution in [-0.4, -0.2) is 17.0 Å². The molecule has 0 saturated carbocycles. The molecule has 0 unspecified atom stereocenters. The molecule has 0 radical (unpaired) electrons. The van der Waals surface area contributed by atoms with E-state index < -0.39 is 16.9 Å². The zero-order chi connectivity index (χ0) is 6.15. The van der Waals surface area contributed by atoms with Crippen LogP contribution in [0.1, 0.15) is 0 Å². The molecular formula is C4H4NO3+. The average Bonchev–Trinajstić information content (AvgIpc) is 1.98. The van der Waals surface area contributed by atoms with Crippen molar-refractivity contribution >= 4 is 11.8 Å². The lowest BCUT2D eigenvalue weighted by atomic mass is 10.6. The number of hydrogen-bond acceptors (Lipinski definition) is 3. The van der Waals surface area contributed by atoms with Crippen molar-refractivity contribution in [2.45, 2.75) is 0 Å². The predicted octanol–water partition coefficient (Wildman–Crippen LogP) is -2.12. The second-order valence-electron chi connectivity index (χ2n) is 1.41. The molecule has 8 heavy (non-hydrogen) atoms. The quantitative estimate of drug-likeness (QED) is 0.280. The zero-order valence-electron chi connectivity index (χ0n) is 3.92. The molecule has 1 aliphatic heterocycles. The molecule has 0 saturated heterocycles. The van der Waals surface area contributed by atoms with E-state index in [1.54, 1.807) is 0 Å². The van der Waals surface area contributed by atoms with Crippen molar-refractivity contribution < 1.29 is 19.9 Å². The van der Waals surface area contributed by atoms with Crippen LogP contribution in [0.25, 0.3) is 0 Å². The number of amides is 2. The highest BCUT2D eigenvalue weighted by atomic mass is 16.5. The van der Waals surface area contributed by atoms with Crippen LogP contribution in [0.2, 0.25) is 0 Å². The van der Waals surface area contributed by atoms with E-state index in [4.69, 9.17) is 5.21 Å². The number of carbonyl (C=O) groups excluding carboxylic acids is 2. The molecule has 2 N–H and O–H groups in total. The number of imide groups is 1. The fraction of sp³-hybridized carbons (Fsp3) is 0. The molecule has 0 spiro atoms. The van der Waals surface area contributed by atoms with Gasteiger partial charge in [-0.2, -0.15) is 0 Å². The third-order valence-corrected chi connectivity index (χ3v) is 0.853. The lowest BCUT2D eigenvalue weighted by Gasteiger charge is -1.90. The maximum Gasteiger partial charge on any atom is 0.377 e. The minimum atomic E-state index is -0.676. The van der Waals surface area contributed by atoms with Crippen LogP contribution in [-0.2, 0) is 9.59 Å². The van der Waals surface area contributed by atoms with Gasteiger partial charge in [0.25, 0.3) is 0 Å². The molecule has 4 nitrogen and oxygen atoms in total. The van der Waals surface area contributed by atoms with Crippen LogP contribution in [0.15, 0.2) is 12.2 Å². The summed E-state index contributed by atoms with van der Waals surface area (Å²) in [6, 6.07) is 0. The standard InChI is InChI=1S/C4H3NO3/c6-3-1-2-4(7)5(3)8/h1-2,8H/p+1. The summed E-state index contributed by atoms with van der Waals surface area (Å²) in [5.74, 6) is -1.20. The topological polar surface area (TPSA) is 58.8 Å². The molecular weight excluding hydrogens is 110 g/mol. The molecule has 1 rings (SSSR count). The van der Waals surface area contributed by atoms with Gasteiger partial charge in [0.05, 0.1) is 12.2 Å². The Kier molecular flexibility index (Phi) is 0.964. The van der Waals surface area contributed by atoms with Crippen molar-refractivity contribution in [2.75, 3.05) is 0 Å². The summed E-state index contributed by atoms with van der Waals surface area (Å²) in [6.07, 6.45) is 2.08. The monoisotopic (exact) mass is 114 g/mol. The van der Waals surface area contributed by atoms with Crippen LogP contribution in [0.4, 0.5) is 0 Å². The second-order valence-corrected chi connectivity index (χ2v) is 1.41. The molecule has 0 aromatic carbocycles. The van der Waals surface area contributed by atoms with E-state index in [1.807, 2.05) is 0 Å². The Balaban J connectivity index is 2.84. The third kappa shape index (κ3) is 0.556. The lowest BCUT2D eigenvalue weighted by molar-refractivity contribution is -0.946. The summed E-state index contributed by atoms with van der Waals surface area (Å²) in [5.41, 5.74) is 0. The molecule has 42 valence electrons. The first-order valence-corrected chi connectivity index (χ1v) is 2.04. The minimum Gasteiger partial charge on any atom is -0.222 e. The van der Waals surface area contributed by atoms with Crippen molar-refractivity contribution in [3.05, 3.63) is 12.2 Å². The normalized spacial score (nSPS) is 20.6. The van der Waals surface area contributed by atoms with Gasteiger partial charge in [-0.3, -0.25) is 0 Å². The molecule has 0 aromatic heterocycles. The minimum absolute atomic E-state index is 0.602. The molecule has 1 heterocycles. The number of rotatable bonds is 0. The highest BCUT2D eigenvalue weighted by Crippen LogP contribution is 1.75. The van der Waals surface area contributed by atoms with Crippen LogP contribution in [0, 0.1) is 0 Å². The summed E-state index contributed by atoms with van der Waals surface area (Å²) >= 11 is 0. The summed E-state index contributed by atoms with van der Waals surface area (Å²) in [4.78, 5) is 20.4. The van der Waals surface area contributed by atoms with Gasteiger partial charge < -0.3 is 0 Å². The first-order chi connectivity index (χ1) is 3.72. The maximum atomic E-state index is 10.2. The Hall–Kier alpha value is -1.00. The Morgan fingerprint density at radius 3 is 1.75 bits per heavy atom. The summed E-state index contributed by atoms with van der Waals surface area (Å²) in [5, 5.41) is 7.75. The van der Waals surface area contributed by atoms with Gasteiger partial charge in [-0.1, -0.05) is 5.06 Å². The van der Waals surface area contributed by atoms with E-state index in [-0.39, 0.29) is 0 Å². The molecule has 1 aliphatic rings. The Morgan fingerprint density at radius 1 is 1.25 bits per heavy atom. The van der Waals surface area contributed by atoms with Gasteiger partial charge >= 0.3 is 11.8 Å². The number of nitrogens with one attached hydrogen (secondary N) is 1. The molecule has 0 fully saturated rings. The van der Waals surface area contributed by atoms with Crippen LogP contribution >= 0.6 is 0 Å². The van der Waals surface area contributed by atoms with Gasteiger partial charge in [0, 0.05) is 0 Å². The van der Waals surface area contributed by atoms with Gasteiger partial charge in [0.15, 0.2) is 0 Å². The van der Waals surface area contributed by atoms with Gasteiger partial charge in [-0.25, -0.2) is 14.8 Å². The van der Waals surface area contributed by atoms with E-state index >= 15 is 0 Å². The lowest BCUT2D eigenvalue weighted by Crippen LogP contribution is -3.13. The molecule has 0 aromatic rings. The number of hydrogen-bond donors (Lipinski definition) is 2. The molecule has 2 amide bonds.